The lowest BCUT2D eigenvalue weighted by molar-refractivity contribution is -0.222. The van der Waals surface area contributed by atoms with Crippen molar-refractivity contribution in [1.29, 1.82) is 0 Å². The van der Waals surface area contributed by atoms with Crippen LogP contribution < -0.4 is 15.5 Å². The Bertz CT molecular complexity index is 1250. The number of nitrogens with one attached hydrogen (secondary N) is 2. The summed E-state index contributed by atoms with van der Waals surface area (Å²) in [4.78, 5) is 40.2. The lowest BCUT2D eigenvalue weighted by atomic mass is 10.1. The lowest BCUT2D eigenvalue weighted by Crippen LogP contribution is -2.42. The fourth-order valence-electron chi connectivity index (χ4n) is 3.24. The van der Waals surface area contributed by atoms with Crippen LogP contribution in [0.2, 0.25) is 0 Å². The number of aromatic nitrogens is 1. The number of rotatable bonds is 4. The van der Waals surface area contributed by atoms with Crippen molar-refractivity contribution in [2.75, 3.05) is 11.9 Å². The quantitative estimate of drug-likeness (QED) is 0.295. The molecule has 3 aromatic rings. The van der Waals surface area contributed by atoms with Crippen LogP contribution in [0.1, 0.15) is 20.8 Å². The van der Waals surface area contributed by atoms with Gasteiger partial charge in [0.25, 0.3) is 5.79 Å². The third kappa shape index (κ3) is 3.59. The number of hydrogen-bond acceptors (Lipinski definition) is 7. The highest BCUT2D eigenvalue weighted by molar-refractivity contribution is 6.15. The number of H-pyrrole nitrogens is 1. The summed E-state index contributed by atoms with van der Waals surface area (Å²) in [7, 11) is 0. The molecule has 0 saturated carbocycles. The second-order valence-electron chi connectivity index (χ2n) is 7.24. The Balaban J connectivity index is 1.68. The van der Waals surface area contributed by atoms with Crippen molar-refractivity contribution >= 4 is 39.4 Å². The molecule has 2 heterocycles. The zero-order valence-corrected chi connectivity index (χ0v) is 16.7. The van der Waals surface area contributed by atoms with Crippen LogP contribution in [0, 0.1) is 0 Å². The van der Waals surface area contributed by atoms with Gasteiger partial charge in [-0.05, 0) is 43.3 Å². The first-order chi connectivity index (χ1) is 14.3. The maximum absolute atomic E-state index is 12.9. The second-order valence-corrected chi connectivity index (χ2v) is 7.24. The molecule has 0 radical (unpaired) electrons. The summed E-state index contributed by atoms with van der Waals surface area (Å²) in [5.74, 6) is -2.20. The lowest BCUT2D eigenvalue weighted by Gasteiger charge is -2.29. The first kappa shape index (κ1) is 19.5. The zero-order chi connectivity index (χ0) is 21.5. The summed E-state index contributed by atoms with van der Waals surface area (Å²) in [5, 5.41) is 3.92. The third-order valence-electron chi connectivity index (χ3n) is 4.58. The van der Waals surface area contributed by atoms with Gasteiger partial charge in [0.2, 0.25) is 0 Å². The van der Waals surface area contributed by atoms with Crippen LogP contribution in [-0.2, 0) is 19.1 Å². The highest BCUT2D eigenvalue weighted by atomic mass is 16.7. The molecule has 0 atom stereocenters. The number of pyridine rings is 1. The van der Waals surface area contributed by atoms with Gasteiger partial charge in [-0.2, -0.15) is 0 Å². The Morgan fingerprint density at radius 1 is 1.00 bits per heavy atom. The average molecular weight is 408 g/mol. The van der Waals surface area contributed by atoms with Gasteiger partial charge in [0.05, 0.1) is 17.6 Å². The normalized spacial score (nSPS) is 15.6. The molecule has 1 aliphatic rings. The van der Waals surface area contributed by atoms with E-state index in [0.29, 0.717) is 39.8 Å². The summed E-state index contributed by atoms with van der Waals surface area (Å²) in [5.41, 5.74) is 1.49. The molecule has 0 amide bonds. The van der Waals surface area contributed by atoms with Crippen molar-refractivity contribution < 1.29 is 23.8 Å². The summed E-state index contributed by atoms with van der Waals surface area (Å²) in [6.07, 6.45) is 1.23. The first-order valence-electron chi connectivity index (χ1n) is 9.43. The molecule has 2 N–H and O–H groups in total. The number of fused-ring (bicyclic) bond motifs is 2. The monoisotopic (exact) mass is 408 g/mol. The SMILES string of the molecule is CCOc1ccc2[nH]c3cc(NC=C4C(=O)OC(C)(C)OC4=O)ccc3c(=O)c2c1. The highest BCUT2D eigenvalue weighted by Crippen LogP contribution is 2.24. The maximum Gasteiger partial charge on any atom is 0.350 e. The van der Waals surface area contributed by atoms with E-state index in [1.807, 2.05) is 6.92 Å². The van der Waals surface area contributed by atoms with E-state index in [4.69, 9.17) is 14.2 Å². The summed E-state index contributed by atoms with van der Waals surface area (Å²) < 4.78 is 15.6. The Morgan fingerprint density at radius 2 is 1.73 bits per heavy atom. The highest BCUT2D eigenvalue weighted by Gasteiger charge is 2.38. The van der Waals surface area contributed by atoms with Crippen molar-refractivity contribution in [2.24, 2.45) is 0 Å². The first-order valence-corrected chi connectivity index (χ1v) is 9.43. The summed E-state index contributed by atoms with van der Waals surface area (Å²) >= 11 is 0. The Morgan fingerprint density at radius 3 is 2.43 bits per heavy atom. The van der Waals surface area contributed by atoms with Gasteiger partial charge in [-0.25, -0.2) is 9.59 Å². The van der Waals surface area contributed by atoms with Gasteiger partial charge in [-0.1, -0.05) is 0 Å². The van der Waals surface area contributed by atoms with Crippen molar-refractivity contribution in [1.82, 2.24) is 4.98 Å². The zero-order valence-electron chi connectivity index (χ0n) is 16.7. The minimum absolute atomic E-state index is 0.119. The molecular formula is C22H20N2O6. The van der Waals surface area contributed by atoms with Gasteiger partial charge < -0.3 is 24.5 Å². The number of carbonyl (C=O) groups is 2. The van der Waals surface area contributed by atoms with Crippen LogP contribution in [0.15, 0.2) is 53.0 Å². The van der Waals surface area contributed by atoms with Crippen LogP contribution >= 0.6 is 0 Å². The number of hydrogen-bond donors (Lipinski definition) is 2. The number of aromatic amines is 1. The minimum atomic E-state index is -1.29. The molecule has 8 heteroatoms. The average Bonchev–Trinajstić information content (AvgIpc) is 2.67. The van der Waals surface area contributed by atoms with Crippen molar-refractivity contribution in [2.45, 2.75) is 26.6 Å². The van der Waals surface area contributed by atoms with Crippen LogP contribution in [0.4, 0.5) is 5.69 Å². The smallest absolute Gasteiger partial charge is 0.350 e. The molecular weight excluding hydrogens is 388 g/mol. The van der Waals surface area contributed by atoms with Gasteiger partial charge in [-0.15, -0.1) is 0 Å². The maximum atomic E-state index is 12.9. The molecule has 30 heavy (non-hydrogen) atoms. The standard InChI is InChI=1S/C22H20N2O6/c1-4-28-13-6-8-17-15(10-13)19(25)14-7-5-12(9-18(14)24-17)23-11-16-20(26)29-22(2,3)30-21(16)27/h5-11,23H,4H2,1-3H3,(H,24,25). The molecule has 0 bridgehead atoms. The minimum Gasteiger partial charge on any atom is -0.494 e. The van der Waals surface area contributed by atoms with Gasteiger partial charge in [0.15, 0.2) is 11.0 Å². The molecule has 1 saturated heterocycles. The van der Waals surface area contributed by atoms with Gasteiger partial charge in [0.1, 0.15) is 5.75 Å². The molecule has 0 spiro atoms. The van der Waals surface area contributed by atoms with E-state index in [-0.39, 0.29) is 11.0 Å². The number of benzene rings is 2. The number of anilines is 1. The Kier molecular flexibility index (Phi) is 4.69. The number of ether oxygens (including phenoxy) is 3. The number of carbonyl (C=O) groups excluding carboxylic acids is 2. The number of cyclic esters (lactones) is 2. The Labute approximate surface area is 171 Å². The summed E-state index contributed by atoms with van der Waals surface area (Å²) in [6.45, 7) is 5.36. The molecule has 8 nitrogen and oxygen atoms in total. The Hall–Kier alpha value is -3.81. The van der Waals surface area contributed by atoms with Crippen molar-refractivity contribution in [3.63, 3.8) is 0 Å². The van der Waals surface area contributed by atoms with Gasteiger partial charge in [0, 0.05) is 36.5 Å². The van der Waals surface area contributed by atoms with E-state index in [0.717, 1.165) is 0 Å². The molecule has 1 fully saturated rings. The predicted octanol–water partition coefficient (Wildman–Crippen LogP) is 3.21. The van der Waals surface area contributed by atoms with E-state index in [1.165, 1.54) is 20.0 Å². The molecule has 2 aromatic carbocycles. The molecule has 154 valence electrons. The number of esters is 2. The van der Waals surface area contributed by atoms with Crippen LogP contribution in [-0.4, -0.2) is 29.3 Å². The van der Waals surface area contributed by atoms with Gasteiger partial charge in [-0.3, -0.25) is 4.79 Å². The predicted molar refractivity (Wildman–Crippen MR) is 111 cm³/mol. The fraction of sp³-hybridized carbons (Fsp3) is 0.227. The molecule has 1 aliphatic heterocycles. The van der Waals surface area contributed by atoms with E-state index < -0.39 is 17.7 Å². The molecule has 0 unspecified atom stereocenters. The van der Waals surface area contributed by atoms with E-state index in [1.54, 1.807) is 36.4 Å². The molecule has 1 aromatic heterocycles. The third-order valence-corrected chi connectivity index (χ3v) is 4.58. The van der Waals surface area contributed by atoms with Crippen molar-refractivity contribution in [3.05, 3.63) is 58.4 Å². The summed E-state index contributed by atoms with van der Waals surface area (Å²) in [6, 6.07) is 10.4. The van der Waals surface area contributed by atoms with E-state index >= 15 is 0 Å². The molecule has 0 aliphatic carbocycles. The van der Waals surface area contributed by atoms with Crippen LogP contribution in [0.3, 0.4) is 0 Å². The van der Waals surface area contributed by atoms with Crippen LogP contribution in [0.5, 0.6) is 5.75 Å². The second kappa shape index (κ2) is 7.22. The largest absolute Gasteiger partial charge is 0.494 e. The van der Waals surface area contributed by atoms with Crippen molar-refractivity contribution in [3.8, 4) is 5.75 Å². The van der Waals surface area contributed by atoms with Crippen LogP contribution in [0.25, 0.3) is 21.8 Å². The van der Waals surface area contributed by atoms with Gasteiger partial charge >= 0.3 is 11.9 Å². The fourth-order valence-corrected chi connectivity index (χ4v) is 3.24. The van der Waals surface area contributed by atoms with E-state index in [2.05, 4.69) is 10.3 Å². The topological polar surface area (TPSA) is 107 Å². The van der Waals surface area contributed by atoms with E-state index in [9.17, 15) is 14.4 Å². The molecule has 4 rings (SSSR count).